The molecule has 1 unspecified atom stereocenters. The highest BCUT2D eigenvalue weighted by Gasteiger charge is 2.74. The van der Waals surface area contributed by atoms with Crippen LogP contribution in [0.15, 0.2) is 66.8 Å². The second-order valence-corrected chi connectivity index (χ2v) is 14.1. The molecule has 6 atom stereocenters. The highest BCUT2D eigenvalue weighted by atomic mass is 32.2. The van der Waals surface area contributed by atoms with E-state index in [1.165, 1.54) is 11.8 Å². The van der Waals surface area contributed by atoms with Crippen LogP contribution in [-0.4, -0.2) is 69.1 Å². The third-order valence-electron chi connectivity index (χ3n) is 9.08. The Kier molecular flexibility index (Phi) is 7.27. The number of esters is 1. The third kappa shape index (κ3) is 4.50. The number of aliphatic hydroxyl groups is 1. The van der Waals surface area contributed by atoms with E-state index in [1.807, 2.05) is 75.4 Å². The van der Waals surface area contributed by atoms with Gasteiger partial charge in [-0.1, -0.05) is 68.5 Å². The molecular weight excluding hydrogens is 536 g/mol. The average molecular weight is 575 g/mol. The number of likely N-dealkylation sites (tertiary alicyclic amines) is 1. The summed E-state index contributed by atoms with van der Waals surface area (Å²) in [4.78, 5) is 46.4. The van der Waals surface area contributed by atoms with Gasteiger partial charge in [0, 0.05) is 17.0 Å². The van der Waals surface area contributed by atoms with Crippen molar-refractivity contribution in [2.24, 2.45) is 17.8 Å². The zero-order valence-corrected chi connectivity index (χ0v) is 24.7. The quantitative estimate of drug-likeness (QED) is 0.411. The first-order chi connectivity index (χ1) is 19.7. The van der Waals surface area contributed by atoms with Crippen LogP contribution in [0.2, 0.25) is 0 Å². The van der Waals surface area contributed by atoms with Gasteiger partial charge in [-0.15, -0.1) is 11.8 Å². The summed E-state index contributed by atoms with van der Waals surface area (Å²) in [5, 5.41) is 12.7. The van der Waals surface area contributed by atoms with Crippen molar-refractivity contribution in [2.75, 3.05) is 24.7 Å². The molecule has 4 aliphatic heterocycles. The van der Waals surface area contributed by atoms with Gasteiger partial charge in [-0.05, 0) is 55.0 Å². The number of allylic oxidation sites excluding steroid dienone is 1. The molecule has 2 amide bonds. The molecule has 41 heavy (non-hydrogen) atoms. The van der Waals surface area contributed by atoms with E-state index in [2.05, 4.69) is 12.2 Å². The largest absolute Gasteiger partial charge is 0.465 e. The number of anilines is 1. The first-order valence-electron chi connectivity index (χ1n) is 14.7. The molecule has 216 valence electrons. The van der Waals surface area contributed by atoms with Crippen molar-refractivity contribution < 1.29 is 24.2 Å². The topological polar surface area (TPSA) is 87.2 Å². The minimum absolute atomic E-state index is 0.191. The Hall–Kier alpha value is -3.10. The number of amides is 2. The van der Waals surface area contributed by atoms with Gasteiger partial charge >= 0.3 is 5.97 Å². The summed E-state index contributed by atoms with van der Waals surface area (Å²) < 4.78 is 4.02. The van der Waals surface area contributed by atoms with Gasteiger partial charge in [0.25, 0.3) is 5.91 Å². The number of carbonyl (C=O) groups is 3. The lowest BCUT2D eigenvalue weighted by Gasteiger charge is -2.40. The summed E-state index contributed by atoms with van der Waals surface area (Å²) in [5.74, 6) is -2.16. The summed E-state index contributed by atoms with van der Waals surface area (Å²) in [6.07, 6.45) is 10.2. The standard InChI is InChI=1S/C33H38N2O5S/c1-21(2)18-25(20-36)35-28-30(38)34(24-13-12-22-10-5-6-11-23(22)19-24)16-9-15-33(28)26(29(35)37)27-31(39)40-17-8-4-7-14-32(27,3)41-33/h5-7,9-15,19,21,25-28,36H,4,8,16-18,20H2,1-3H3/b14-7-/t25-,26+,27+,28?,32-,33+/m1/s1. The molecule has 7 nitrogen and oxygen atoms in total. The van der Waals surface area contributed by atoms with E-state index in [1.54, 1.807) is 9.80 Å². The molecule has 2 fully saturated rings. The molecule has 4 heterocycles. The maximum absolute atomic E-state index is 14.8. The SMILES string of the molecule is CC(C)C[C@H](CO)N1C(=O)[C@@H]2[C@H]3C(=O)OCCC/C=C\[C@@]3(C)S[C@@]23C=CCN(c2ccc4ccccc4c2)C(=O)C13. The van der Waals surface area contributed by atoms with E-state index in [-0.39, 0.29) is 30.3 Å². The number of nitrogens with zero attached hydrogens (tertiary/aromatic N) is 2. The molecule has 1 spiro atoms. The lowest BCUT2D eigenvalue weighted by atomic mass is 9.74. The maximum atomic E-state index is 14.8. The van der Waals surface area contributed by atoms with Crippen molar-refractivity contribution in [3.05, 3.63) is 66.8 Å². The molecule has 0 aliphatic carbocycles. The minimum atomic E-state index is -0.980. The second-order valence-electron chi connectivity index (χ2n) is 12.3. The molecule has 6 rings (SSSR count). The molecule has 1 N–H and O–H groups in total. The van der Waals surface area contributed by atoms with Gasteiger partial charge in [0.2, 0.25) is 5.91 Å². The van der Waals surface area contributed by atoms with Gasteiger partial charge in [0.05, 0.1) is 35.8 Å². The van der Waals surface area contributed by atoms with Crippen LogP contribution in [0, 0.1) is 17.8 Å². The summed E-state index contributed by atoms with van der Waals surface area (Å²) in [6.45, 7) is 6.48. The van der Waals surface area contributed by atoms with E-state index in [0.29, 0.717) is 19.6 Å². The minimum Gasteiger partial charge on any atom is -0.465 e. The monoisotopic (exact) mass is 574 g/mol. The first kappa shape index (κ1) is 28.0. The van der Waals surface area contributed by atoms with Crippen molar-refractivity contribution in [1.29, 1.82) is 0 Å². The van der Waals surface area contributed by atoms with Gasteiger partial charge in [0.15, 0.2) is 0 Å². The lowest BCUT2D eigenvalue weighted by molar-refractivity contribution is -0.154. The fourth-order valence-corrected chi connectivity index (χ4v) is 9.50. The summed E-state index contributed by atoms with van der Waals surface area (Å²) in [5.41, 5.74) is 0.756. The summed E-state index contributed by atoms with van der Waals surface area (Å²) in [6, 6.07) is 12.6. The number of hydrogen-bond donors (Lipinski definition) is 1. The molecule has 2 aromatic rings. The fourth-order valence-electron chi connectivity index (χ4n) is 7.36. The Morgan fingerprint density at radius 3 is 2.56 bits per heavy atom. The van der Waals surface area contributed by atoms with Crippen LogP contribution in [0.1, 0.15) is 40.0 Å². The van der Waals surface area contributed by atoms with Crippen molar-refractivity contribution >= 4 is 46.0 Å². The smallest absolute Gasteiger partial charge is 0.311 e. The summed E-state index contributed by atoms with van der Waals surface area (Å²) >= 11 is 1.54. The predicted octanol–water partition coefficient (Wildman–Crippen LogP) is 4.73. The van der Waals surface area contributed by atoms with Gasteiger partial charge in [-0.25, -0.2) is 0 Å². The van der Waals surface area contributed by atoms with Crippen LogP contribution < -0.4 is 4.90 Å². The lowest BCUT2D eigenvalue weighted by Crippen LogP contribution is -2.57. The number of carbonyl (C=O) groups excluding carboxylic acids is 3. The van der Waals surface area contributed by atoms with Crippen LogP contribution in [-0.2, 0) is 19.1 Å². The highest BCUT2D eigenvalue weighted by molar-refractivity contribution is 8.02. The van der Waals surface area contributed by atoms with Crippen molar-refractivity contribution in [2.45, 2.75) is 61.6 Å². The van der Waals surface area contributed by atoms with Gasteiger partial charge in [0.1, 0.15) is 6.04 Å². The highest BCUT2D eigenvalue weighted by Crippen LogP contribution is 2.65. The zero-order valence-electron chi connectivity index (χ0n) is 23.9. The predicted molar refractivity (Wildman–Crippen MR) is 161 cm³/mol. The Morgan fingerprint density at radius 1 is 1.02 bits per heavy atom. The number of ether oxygens (including phenoxy) is 1. The molecule has 2 aromatic carbocycles. The van der Waals surface area contributed by atoms with E-state index < -0.39 is 33.4 Å². The molecule has 0 radical (unpaired) electrons. The Balaban J connectivity index is 1.50. The number of benzene rings is 2. The van der Waals surface area contributed by atoms with Crippen molar-refractivity contribution in [3.8, 4) is 0 Å². The number of aliphatic hydroxyl groups excluding tert-OH is 1. The van der Waals surface area contributed by atoms with E-state index in [4.69, 9.17) is 4.74 Å². The normalized spacial score (nSPS) is 33.0. The molecular formula is C33H38N2O5S. The van der Waals surface area contributed by atoms with Crippen molar-refractivity contribution in [1.82, 2.24) is 4.90 Å². The fraction of sp³-hybridized carbons (Fsp3) is 0.485. The Morgan fingerprint density at radius 2 is 1.80 bits per heavy atom. The van der Waals surface area contributed by atoms with E-state index in [0.717, 1.165) is 29.3 Å². The zero-order chi connectivity index (χ0) is 28.9. The van der Waals surface area contributed by atoms with Crippen LogP contribution in [0.25, 0.3) is 10.8 Å². The number of cyclic esters (lactones) is 1. The van der Waals surface area contributed by atoms with E-state index >= 15 is 0 Å². The third-order valence-corrected chi connectivity index (χ3v) is 10.9. The first-order valence-corrected chi connectivity index (χ1v) is 15.5. The Labute approximate surface area is 245 Å². The summed E-state index contributed by atoms with van der Waals surface area (Å²) in [7, 11) is 0. The number of rotatable bonds is 5. The van der Waals surface area contributed by atoms with Gasteiger partial charge < -0.3 is 19.6 Å². The molecule has 4 aliphatic rings. The molecule has 0 aromatic heterocycles. The molecule has 2 saturated heterocycles. The van der Waals surface area contributed by atoms with Crippen LogP contribution in [0.5, 0.6) is 0 Å². The van der Waals surface area contributed by atoms with Gasteiger partial charge in [-0.3, -0.25) is 14.4 Å². The average Bonchev–Trinajstić information content (AvgIpc) is 3.30. The number of fused-ring (bicyclic) bond motifs is 3. The van der Waals surface area contributed by atoms with E-state index in [9.17, 15) is 19.5 Å². The number of hydrogen-bond acceptors (Lipinski definition) is 6. The van der Waals surface area contributed by atoms with Crippen LogP contribution in [0.4, 0.5) is 5.69 Å². The van der Waals surface area contributed by atoms with Crippen LogP contribution in [0.3, 0.4) is 0 Å². The molecule has 8 heteroatoms. The van der Waals surface area contributed by atoms with Gasteiger partial charge in [-0.2, -0.15) is 0 Å². The molecule has 0 saturated carbocycles. The Bertz CT molecular complexity index is 1440. The maximum Gasteiger partial charge on any atom is 0.311 e. The van der Waals surface area contributed by atoms with Crippen LogP contribution >= 0.6 is 11.8 Å². The second kappa shape index (κ2) is 10.6. The molecule has 0 bridgehead atoms. The number of thioether (sulfide) groups is 1. The van der Waals surface area contributed by atoms with Crippen molar-refractivity contribution in [3.63, 3.8) is 0 Å².